The van der Waals surface area contributed by atoms with E-state index in [1.165, 1.54) is 6.42 Å². The first-order valence-electron chi connectivity index (χ1n) is 7.76. The Bertz CT molecular complexity index is 379. The van der Waals surface area contributed by atoms with Gasteiger partial charge in [0.2, 0.25) is 5.91 Å². The molecule has 5 heteroatoms. The lowest BCUT2D eigenvalue weighted by Gasteiger charge is -2.33. The standard InChI is InChI=1S/C15H26N2O3/c1-3-15(14(19)20)7-10-17(11-15)12(2)13(18)16-8-5-4-6-9-16/h12H,3-11H2,1-2H3,(H,19,20). The zero-order chi connectivity index (χ0) is 14.8. The van der Waals surface area contributed by atoms with Crippen LogP contribution in [0.4, 0.5) is 0 Å². The van der Waals surface area contributed by atoms with Gasteiger partial charge in [0, 0.05) is 26.2 Å². The van der Waals surface area contributed by atoms with Crippen LogP contribution >= 0.6 is 0 Å². The predicted molar refractivity (Wildman–Crippen MR) is 76.4 cm³/mol. The van der Waals surface area contributed by atoms with Gasteiger partial charge in [0.15, 0.2) is 0 Å². The summed E-state index contributed by atoms with van der Waals surface area (Å²) >= 11 is 0. The number of aliphatic carboxylic acids is 1. The number of amides is 1. The third-order valence-electron chi connectivity index (χ3n) is 5.09. The number of carbonyl (C=O) groups excluding carboxylic acids is 1. The first-order valence-corrected chi connectivity index (χ1v) is 7.76. The predicted octanol–water partition coefficient (Wildman–Crippen LogP) is 1.57. The molecule has 0 aromatic rings. The van der Waals surface area contributed by atoms with Crippen LogP contribution in [0.2, 0.25) is 0 Å². The minimum absolute atomic E-state index is 0.169. The number of likely N-dealkylation sites (tertiary alicyclic amines) is 2. The first-order chi connectivity index (χ1) is 9.50. The lowest BCUT2D eigenvalue weighted by Crippen LogP contribution is -2.49. The highest BCUT2D eigenvalue weighted by Crippen LogP contribution is 2.35. The summed E-state index contributed by atoms with van der Waals surface area (Å²) in [4.78, 5) is 28.0. The maximum absolute atomic E-state index is 12.5. The van der Waals surface area contributed by atoms with Crippen molar-refractivity contribution < 1.29 is 14.7 Å². The van der Waals surface area contributed by atoms with Crippen LogP contribution in [0.3, 0.4) is 0 Å². The summed E-state index contributed by atoms with van der Waals surface area (Å²) in [5.41, 5.74) is -0.656. The Balaban J connectivity index is 1.98. The Morgan fingerprint density at radius 3 is 2.35 bits per heavy atom. The zero-order valence-corrected chi connectivity index (χ0v) is 12.6. The topological polar surface area (TPSA) is 60.9 Å². The highest BCUT2D eigenvalue weighted by molar-refractivity contribution is 5.82. The molecule has 0 spiro atoms. The molecule has 2 atom stereocenters. The summed E-state index contributed by atoms with van der Waals surface area (Å²) in [5, 5.41) is 9.43. The fraction of sp³-hybridized carbons (Fsp3) is 0.867. The second-order valence-corrected chi connectivity index (χ2v) is 6.22. The summed E-state index contributed by atoms with van der Waals surface area (Å²) in [7, 11) is 0. The van der Waals surface area contributed by atoms with Crippen LogP contribution in [-0.4, -0.2) is 59.0 Å². The number of hydrogen-bond acceptors (Lipinski definition) is 3. The largest absolute Gasteiger partial charge is 0.481 e. The van der Waals surface area contributed by atoms with Gasteiger partial charge in [-0.3, -0.25) is 14.5 Å². The number of hydrogen-bond donors (Lipinski definition) is 1. The van der Waals surface area contributed by atoms with Crippen LogP contribution < -0.4 is 0 Å². The molecule has 20 heavy (non-hydrogen) atoms. The summed E-state index contributed by atoms with van der Waals surface area (Å²) in [6.45, 7) is 6.77. The van der Waals surface area contributed by atoms with E-state index >= 15 is 0 Å². The Hall–Kier alpha value is -1.10. The van der Waals surface area contributed by atoms with Crippen molar-refractivity contribution in [3.8, 4) is 0 Å². The van der Waals surface area contributed by atoms with Crippen molar-refractivity contribution >= 4 is 11.9 Å². The summed E-state index contributed by atoms with van der Waals surface area (Å²) in [6.07, 6.45) is 4.67. The van der Waals surface area contributed by atoms with Crippen LogP contribution in [0.15, 0.2) is 0 Å². The molecule has 0 aromatic carbocycles. The Morgan fingerprint density at radius 2 is 1.85 bits per heavy atom. The molecule has 2 fully saturated rings. The Morgan fingerprint density at radius 1 is 1.20 bits per heavy atom. The number of carboxylic acids is 1. The van der Waals surface area contributed by atoms with Gasteiger partial charge in [-0.15, -0.1) is 0 Å². The van der Waals surface area contributed by atoms with Gasteiger partial charge in [-0.2, -0.15) is 0 Å². The molecule has 0 bridgehead atoms. The molecule has 1 amide bonds. The highest BCUT2D eigenvalue weighted by Gasteiger charge is 2.45. The van der Waals surface area contributed by atoms with Crippen LogP contribution in [0.25, 0.3) is 0 Å². The zero-order valence-electron chi connectivity index (χ0n) is 12.6. The second-order valence-electron chi connectivity index (χ2n) is 6.22. The third kappa shape index (κ3) is 2.82. The molecule has 114 valence electrons. The first kappa shape index (κ1) is 15.3. The van der Waals surface area contributed by atoms with E-state index in [0.717, 1.165) is 25.9 Å². The monoisotopic (exact) mass is 282 g/mol. The Kier molecular flexibility index (Phi) is 4.68. The van der Waals surface area contributed by atoms with Gasteiger partial charge in [-0.05, 0) is 39.0 Å². The lowest BCUT2D eigenvalue weighted by atomic mass is 9.84. The van der Waals surface area contributed by atoms with E-state index in [1.807, 2.05) is 18.7 Å². The van der Waals surface area contributed by atoms with Crippen molar-refractivity contribution in [2.24, 2.45) is 5.41 Å². The van der Waals surface area contributed by atoms with Crippen LogP contribution in [0, 0.1) is 5.41 Å². The van der Waals surface area contributed by atoms with Crippen molar-refractivity contribution in [2.45, 2.75) is 52.0 Å². The van der Waals surface area contributed by atoms with E-state index in [9.17, 15) is 14.7 Å². The number of piperidine rings is 1. The molecule has 2 saturated heterocycles. The SMILES string of the molecule is CCC1(C(=O)O)CCN(C(C)C(=O)N2CCCCC2)C1. The molecular weight excluding hydrogens is 256 g/mol. The van der Waals surface area contributed by atoms with Crippen molar-refractivity contribution in [2.75, 3.05) is 26.2 Å². The summed E-state index contributed by atoms with van der Waals surface area (Å²) in [6, 6.07) is -0.194. The maximum Gasteiger partial charge on any atom is 0.310 e. The van der Waals surface area contributed by atoms with E-state index in [4.69, 9.17) is 0 Å². The molecular formula is C15H26N2O3. The van der Waals surface area contributed by atoms with Gasteiger partial charge in [0.1, 0.15) is 0 Å². The van der Waals surface area contributed by atoms with E-state index in [2.05, 4.69) is 4.90 Å². The molecule has 0 radical (unpaired) electrons. The van der Waals surface area contributed by atoms with E-state index in [-0.39, 0.29) is 11.9 Å². The van der Waals surface area contributed by atoms with Gasteiger partial charge in [0.05, 0.1) is 11.5 Å². The van der Waals surface area contributed by atoms with Crippen LogP contribution in [0.5, 0.6) is 0 Å². The molecule has 1 N–H and O–H groups in total. The van der Waals surface area contributed by atoms with Crippen LogP contribution in [-0.2, 0) is 9.59 Å². The van der Waals surface area contributed by atoms with Gasteiger partial charge < -0.3 is 10.0 Å². The van der Waals surface area contributed by atoms with E-state index in [1.54, 1.807) is 0 Å². The number of carbonyl (C=O) groups is 2. The molecule has 0 aromatic heterocycles. The molecule has 2 aliphatic rings. The van der Waals surface area contributed by atoms with E-state index < -0.39 is 11.4 Å². The van der Waals surface area contributed by atoms with Gasteiger partial charge in [-0.25, -0.2) is 0 Å². The van der Waals surface area contributed by atoms with Crippen molar-refractivity contribution in [1.29, 1.82) is 0 Å². The maximum atomic E-state index is 12.5. The number of nitrogens with zero attached hydrogens (tertiary/aromatic N) is 2. The fourth-order valence-electron chi connectivity index (χ4n) is 3.38. The molecule has 2 unspecified atom stereocenters. The smallest absolute Gasteiger partial charge is 0.310 e. The Labute approximate surface area is 120 Å². The second kappa shape index (κ2) is 6.12. The molecule has 0 aliphatic carbocycles. The van der Waals surface area contributed by atoms with Crippen molar-refractivity contribution in [3.05, 3.63) is 0 Å². The van der Waals surface area contributed by atoms with Gasteiger partial charge in [0.25, 0.3) is 0 Å². The molecule has 2 heterocycles. The molecule has 5 nitrogen and oxygen atoms in total. The molecule has 0 saturated carbocycles. The minimum Gasteiger partial charge on any atom is -0.481 e. The van der Waals surface area contributed by atoms with Crippen molar-refractivity contribution in [1.82, 2.24) is 9.80 Å². The van der Waals surface area contributed by atoms with E-state index in [0.29, 0.717) is 25.9 Å². The molecule has 2 aliphatic heterocycles. The highest BCUT2D eigenvalue weighted by atomic mass is 16.4. The third-order valence-corrected chi connectivity index (χ3v) is 5.09. The lowest BCUT2D eigenvalue weighted by molar-refractivity contribution is -0.149. The molecule has 2 rings (SSSR count). The van der Waals surface area contributed by atoms with Gasteiger partial charge >= 0.3 is 5.97 Å². The number of carboxylic acid groups (broad SMARTS) is 1. The quantitative estimate of drug-likeness (QED) is 0.850. The fourth-order valence-corrected chi connectivity index (χ4v) is 3.38. The number of rotatable bonds is 4. The van der Waals surface area contributed by atoms with Gasteiger partial charge in [-0.1, -0.05) is 6.92 Å². The average molecular weight is 282 g/mol. The summed E-state index contributed by atoms with van der Waals surface area (Å²) in [5.74, 6) is -0.554. The average Bonchev–Trinajstić information content (AvgIpc) is 2.92. The normalized spacial score (nSPS) is 29.4. The van der Waals surface area contributed by atoms with Crippen molar-refractivity contribution in [3.63, 3.8) is 0 Å². The minimum atomic E-state index is -0.722. The van der Waals surface area contributed by atoms with Crippen LogP contribution in [0.1, 0.15) is 46.0 Å². The summed E-state index contributed by atoms with van der Waals surface area (Å²) < 4.78 is 0.